The molecule has 9 aromatic carbocycles. The van der Waals surface area contributed by atoms with Gasteiger partial charge in [-0.2, -0.15) is 47.4 Å². The van der Waals surface area contributed by atoms with E-state index in [1.165, 1.54) is 36.4 Å². The number of fused-ring (bicyclic) bond motifs is 3. The molecule has 0 N–H and O–H groups in total. The minimum atomic E-state index is -4.68. The minimum Gasteiger partial charge on any atom is -0.308 e. The van der Waals surface area contributed by atoms with Crippen LogP contribution in [0.4, 0.5) is 26.3 Å². The fourth-order valence-electron chi connectivity index (χ4n) is 9.68. The van der Waals surface area contributed by atoms with Crippen molar-refractivity contribution in [2.45, 2.75) is 12.4 Å². The Morgan fingerprint density at radius 2 is 0.714 bits per heavy atom. The lowest BCUT2D eigenvalue weighted by molar-refractivity contribution is -0.138. The van der Waals surface area contributed by atoms with Crippen LogP contribution in [-0.4, -0.2) is 14.5 Å². The van der Waals surface area contributed by atoms with Crippen molar-refractivity contribution in [3.63, 3.8) is 0 Å². The normalized spacial score (nSPS) is 11.5. The van der Waals surface area contributed by atoms with Gasteiger partial charge in [0.25, 0.3) is 0 Å². The number of hydrogen-bond acceptors (Lipinski definition) is 6. The van der Waals surface area contributed by atoms with Crippen LogP contribution in [0.25, 0.3) is 106 Å². The largest absolute Gasteiger partial charge is 0.416 e. The van der Waals surface area contributed by atoms with E-state index < -0.39 is 23.5 Å². The van der Waals surface area contributed by atoms with Gasteiger partial charge in [0, 0.05) is 38.6 Å². The molecule has 2 aromatic heterocycles. The molecule has 0 aliphatic carbocycles. The van der Waals surface area contributed by atoms with Crippen LogP contribution in [0.15, 0.2) is 200 Å². The van der Waals surface area contributed by atoms with Crippen molar-refractivity contribution in [3.05, 3.63) is 234 Å². The first-order valence-electron chi connectivity index (χ1n) is 23.7. The summed E-state index contributed by atoms with van der Waals surface area (Å²) in [6.45, 7) is 0. The van der Waals surface area contributed by atoms with Crippen molar-refractivity contribution in [2.75, 3.05) is 0 Å². The summed E-state index contributed by atoms with van der Waals surface area (Å²) in [6, 6.07) is 62.7. The number of benzene rings is 9. The molecule has 11 rings (SSSR count). The molecule has 0 saturated carbocycles. The Bertz CT molecular complexity index is 3990. The van der Waals surface area contributed by atoms with E-state index in [0.717, 1.165) is 29.8 Å². The number of hydrogen-bond donors (Lipinski definition) is 0. The monoisotopic (exact) mass is 1010 g/mol. The maximum atomic E-state index is 14.3. The molecule has 0 saturated heterocycles. The molecule has 366 valence electrons. The molecule has 2 heterocycles. The van der Waals surface area contributed by atoms with Gasteiger partial charge in [-0.05, 0) is 137 Å². The average Bonchev–Trinajstić information content (AvgIpc) is 3.80. The van der Waals surface area contributed by atoms with Gasteiger partial charge < -0.3 is 4.57 Å². The Kier molecular flexibility index (Phi) is 12.2. The Balaban J connectivity index is 1.28. The fraction of sp³-hybridized carbons (Fsp3) is 0.0312. The average molecular weight is 1010 g/mol. The standard InChI is InChI=1S/C64H33F6N7/c65-63(66,67)51-17-11-42(12-18-51)53-31-50(58-33-57(44-7-3-1-4-8-44)75-62(76-58)45-9-5-2-6-10-45)32-54(43-13-19-52(20-14-43)64(68,69)70)61(53)77-59-21-15-46(48-25-38(34-71)23-39(26-48)35-72)29-55(59)56-30-47(16-22-60(56)77)49-27-40(36-73)24-41(28-49)37-74/h1-33H. The number of nitrogens with zero attached hydrogens (tertiary/aromatic N) is 7. The fourth-order valence-corrected chi connectivity index (χ4v) is 9.68. The van der Waals surface area contributed by atoms with Crippen molar-refractivity contribution in [1.82, 2.24) is 14.5 Å². The molecule has 0 fully saturated rings. The van der Waals surface area contributed by atoms with Crippen LogP contribution >= 0.6 is 0 Å². The van der Waals surface area contributed by atoms with Crippen molar-refractivity contribution in [3.8, 4) is 108 Å². The molecule has 0 aliphatic heterocycles. The molecule has 0 unspecified atom stereocenters. The SMILES string of the molecule is N#Cc1cc(C#N)cc(-c2ccc3c(c2)c2cc(-c4cc(C#N)cc(C#N)c4)ccc2n3-c2c(-c3ccc(C(F)(F)F)cc3)cc(-c3cc(-c4ccccc4)nc(-c4ccccc4)n3)cc2-c2ccc(C(F)(F)F)cc2)c1. The summed E-state index contributed by atoms with van der Waals surface area (Å²) in [7, 11) is 0. The van der Waals surface area contributed by atoms with Gasteiger partial charge in [0.1, 0.15) is 0 Å². The highest BCUT2D eigenvalue weighted by atomic mass is 19.4. The summed E-state index contributed by atoms with van der Waals surface area (Å²) < 4.78 is 87.9. The molecule has 0 aliphatic rings. The Morgan fingerprint density at radius 1 is 0.338 bits per heavy atom. The second-order valence-corrected chi connectivity index (χ2v) is 18.1. The lowest BCUT2D eigenvalue weighted by Crippen LogP contribution is -2.06. The van der Waals surface area contributed by atoms with Crippen molar-refractivity contribution < 1.29 is 26.3 Å². The van der Waals surface area contributed by atoms with Crippen LogP contribution in [0.3, 0.4) is 0 Å². The van der Waals surface area contributed by atoms with Gasteiger partial charge >= 0.3 is 12.4 Å². The van der Waals surface area contributed by atoms with Crippen LogP contribution in [0, 0.1) is 45.3 Å². The predicted molar refractivity (Wildman–Crippen MR) is 283 cm³/mol. The molecule has 13 heteroatoms. The van der Waals surface area contributed by atoms with Gasteiger partial charge in [-0.1, -0.05) is 97.1 Å². The van der Waals surface area contributed by atoms with E-state index in [4.69, 9.17) is 9.97 Å². The van der Waals surface area contributed by atoms with E-state index in [1.807, 2.05) is 114 Å². The van der Waals surface area contributed by atoms with Crippen LogP contribution in [0.5, 0.6) is 0 Å². The molecule has 0 radical (unpaired) electrons. The van der Waals surface area contributed by atoms with E-state index in [9.17, 15) is 47.4 Å². The van der Waals surface area contributed by atoms with E-state index in [2.05, 4.69) is 24.3 Å². The zero-order valence-electron chi connectivity index (χ0n) is 40.0. The molecular weight excluding hydrogens is 981 g/mol. The zero-order valence-corrected chi connectivity index (χ0v) is 40.0. The van der Waals surface area contributed by atoms with E-state index in [0.29, 0.717) is 100 Å². The summed E-state index contributed by atoms with van der Waals surface area (Å²) in [5.74, 6) is 0.372. The summed E-state index contributed by atoms with van der Waals surface area (Å²) in [5.41, 5.74) is 7.50. The van der Waals surface area contributed by atoms with Crippen molar-refractivity contribution in [1.29, 1.82) is 21.0 Å². The van der Waals surface area contributed by atoms with E-state index in [1.54, 1.807) is 30.3 Å². The third-order valence-electron chi connectivity index (χ3n) is 13.3. The molecule has 77 heavy (non-hydrogen) atoms. The first-order valence-corrected chi connectivity index (χ1v) is 23.7. The third-order valence-corrected chi connectivity index (χ3v) is 13.3. The Labute approximate surface area is 436 Å². The topological polar surface area (TPSA) is 126 Å². The highest BCUT2D eigenvalue weighted by Gasteiger charge is 2.32. The minimum absolute atomic E-state index is 0.257. The predicted octanol–water partition coefficient (Wildman–Crippen LogP) is 16.8. The smallest absolute Gasteiger partial charge is 0.308 e. The van der Waals surface area contributed by atoms with Crippen LogP contribution in [-0.2, 0) is 12.4 Å². The number of nitriles is 4. The van der Waals surface area contributed by atoms with E-state index in [-0.39, 0.29) is 22.3 Å². The molecule has 0 atom stereocenters. The van der Waals surface area contributed by atoms with Crippen molar-refractivity contribution >= 4 is 21.8 Å². The summed E-state index contributed by atoms with van der Waals surface area (Å²) in [6.07, 6.45) is -9.36. The molecule has 7 nitrogen and oxygen atoms in total. The van der Waals surface area contributed by atoms with Crippen LogP contribution in [0.1, 0.15) is 33.4 Å². The van der Waals surface area contributed by atoms with Gasteiger partial charge in [0.15, 0.2) is 5.82 Å². The van der Waals surface area contributed by atoms with Gasteiger partial charge in [0.05, 0.1) is 85.8 Å². The Hall–Kier alpha value is -10.6. The quantitative estimate of drug-likeness (QED) is 0.140. The number of alkyl halides is 6. The molecular formula is C64H33F6N7. The maximum absolute atomic E-state index is 14.3. The first kappa shape index (κ1) is 48.7. The first-order chi connectivity index (χ1) is 37.2. The molecule has 0 bridgehead atoms. The second kappa shape index (κ2) is 19.3. The summed E-state index contributed by atoms with van der Waals surface area (Å²) in [4.78, 5) is 10.0. The van der Waals surface area contributed by atoms with Crippen LogP contribution < -0.4 is 0 Å². The number of aromatic nitrogens is 3. The summed E-state index contributed by atoms with van der Waals surface area (Å²) >= 11 is 0. The molecule has 0 amide bonds. The Morgan fingerprint density at radius 3 is 1.10 bits per heavy atom. The van der Waals surface area contributed by atoms with E-state index >= 15 is 0 Å². The van der Waals surface area contributed by atoms with Gasteiger partial charge in [-0.25, -0.2) is 9.97 Å². The lowest BCUT2D eigenvalue weighted by atomic mass is 9.90. The number of rotatable bonds is 8. The van der Waals surface area contributed by atoms with Gasteiger partial charge in [-0.15, -0.1) is 0 Å². The van der Waals surface area contributed by atoms with Gasteiger partial charge in [0.2, 0.25) is 0 Å². The third kappa shape index (κ3) is 9.38. The molecule has 11 aromatic rings. The summed E-state index contributed by atoms with van der Waals surface area (Å²) in [5, 5.41) is 41.0. The lowest BCUT2D eigenvalue weighted by Gasteiger charge is -2.22. The molecule has 0 spiro atoms. The second-order valence-electron chi connectivity index (χ2n) is 18.1. The highest BCUT2D eigenvalue weighted by Crippen LogP contribution is 2.47. The number of halogens is 6. The van der Waals surface area contributed by atoms with Gasteiger partial charge in [-0.3, -0.25) is 0 Å². The maximum Gasteiger partial charge on any atom is 0.416 e. The van der Waals surface area contributed by atoms with Crippen molar-refractivity contribution in [2.24, 2.45) is 0 Å². The van der Waals surface area contributed by atoms with Crippen LogP contribution in [0.2, 0.25) is 0 Å². The highest BCUT2D eigenvalue weighted by molar-refractivity contribution is 6.13. The zero-order chi connectivity index (χ0) is 53.6.